The fraction of sp³-hybridized carbons (Fsp3) is 0.529. The van der Waals surface area contributed by atoms with Crippen LogP contribution in [0.2, 0.25) is 0 Å². The van der Waals surface area contributed by atoms with Gasteiger partial charge in [0.2, 0.25) is 0 Å². The minimum atomic E-state index is -0.695. The van der Waals surface area contributed by atoms with E-state index in [0.717, 1.165) is 18.4 Å². The molecule has 0 unspecified atom stereocenters. The molecule has 1 aliphatic rings. The molecule has 0 spiro atoms. The summed E-state index contributed by atoms with van der Waals surface area (Å²) in [6.45, 7) is 4.43. The van der Waals surface area contributed by atoms with E-state index < -0.39 is 5.54 Å². The van der Waals surface area contributed by atoms with Gasteiger partial charge < -0.3 is 5.32 Å². The number of carbonyl (C=O) groups excluding carboxylic acids is 2. The van der Waals surface area contributed by atoms with E-state index >= 15 is 0 Å². The van der Waals surface area contributed by atoms with Crippen LogP contribution >= 0.6 is 11.8 Å². The zero-order valence-corrected chi connectivity index (χ0v) is 14.3. The summed E-state index contributed by atoms with van der Waals surface area (Å²) in [6, 6.07) is 7.73. The van der Waals surface area contributed by atoms with Gasteiger partial charge >= 0.3 is 6.03 Å². The Kier molecular flexibility index (Phi) is 5.51. The van der Waals surface area contributed by atoms with Gasteiger partial charge in [0.1, 0.15) is 5.54 Å². The molecule has 0 radical (unpaired) electrons. The Bertz CT molecular complexity index is 536. The SMILES string of the molecule is CCCC1(CCC)NC(=O)N(Cc2ccc(SC)cc2)C1=O. The highest BCUT2D eigenvalue weighted by Crippen LogP contribution is 2.29. The molecule has 5 heteroatoms. The zero-order valence-electron chi connectivity index (χ0n) is 13.5. The molecular weight excluding hydrogens is 296 g/mol. The van der Waals surface area contributed by atoms with E-state index in [-0.39, 0.29) is 11.9 Å². The van der Waals surface area contributed by atoms with Crippen molar-refractivity contribution in [3.8, 4) is 0 Å². The maximum atomic E-state index is 12.8. The third-order valence-electron chi connectivity index (χ3n) is 4.10. The van der Waals surface area contributed by atoms with Gasteiger partial charge in [0.05, 0.1) is 6.54 Å². The first kappa shape index (κ1) is 16.9. The normalized spacial score (nSPS) is 17.0. The van der Waals surface area contributed by atoms with Crippen LogP contribution in [0.1, 0.15) is 45.1 Å². The smallest absolute Gasteiger partial charge is 0.323 e. The molecule has 1 saturated heterocycles. The van der Waals surface area contributed by atoms with E-state index in [1.165, 1.54) is 9.80 Å². The second kappa shape index (κ2) is 7.18. The Morgan fingerprint density at radius 1 is 1.09 bits per heavy atom. The van der Waals surface area contributed by atoms with Gasteiger partial charge in [-0.3, -0.25) is 9.69 Å². The third-order valence-corrected chi connectivity index (χ3v) is 4.84. The van der Waals surface area contributed by atoms with Crippen molar-refractivity contribution in [1.29, 1.82) is 0 Å². The number of amides is 3. The van der Waals surface area contributed by atoms with Crippen molar-refractivity contribution in [3.63, 3.8) is 0 Å². The van der Waals surface area contributed by atoms with Crippen LogP contribution in [0.3, 0.4) is 0 Å². The van der Waals surface area contributed by atoms with E-state index in [0.29, 0.717) is 19.4 Å². The molecule has 4 nitrogen and oxygen atoms in total. The van der Waals surface area contributed by atoms with Crippen molar-refractivity contribution in [1.82, 2.24) is 10.2 Å². The highest BCUT2D eigenvalue weighted by atomic mass is 32.2. The molecular formula is C17H24N2O2S. The minimum Gasteiger partial charge on any atom is -0.323 e. The number of carbonyl (C=O) groups is 2. The van der Waals surface area contributed by atoms with Crippen molar-refractivity contribution < 1.29 is 9.59 Å². The van der Waals surface area contributed by atoms with Gasteiger partial charge in [0.25, 0.3) is 5.91 Å². The van der Waals surface area contributed by atoms with Crippen LogP contribution in [0.25, 0.3) is 0 Å². The van der Waals surface area contributed by atoms with E-state index in [1.54, 1.807) is 11.8 Å². The summed E-state index contributed by atoms with van der Waals surface area (Å²) in [5.74, 6) is -0.0739. The third kappa shape index (κ3) is 3.29. The highest BCUT2D eigenvalue weighted by molar-refractivity contribution is 7.98. The number of nitrogens with zero attached hydrogens (tertiary/aromatic N) is 1. The van der Waals surface area contributed by atoms with Crippen molar-refractivity contribution in [2.75, 3.05) is 6.26 Å². The monoisotopic (exact) mass is 320 g/mol. The Morgan fingerprint density at radius 3 is 2.18 bits per heavy atom. The standard InChI is InChI=1S/C17H24N2O2S/c1-4-10-17(11-5-2)15(20)19(16(21)18-17)12-13-6-8-14(22-3)9-7-13/h6-9H,4-5,10-12H2,1-3H3,(H,18,21). The average Bonchev–Trinajstić information content (AvgIpc) is 2.73. The second-order valence-corrected chi connectivity index (χ2v) is 6.63. The number of nitrogens with one attached hydrogen (secondary N) is 1. The lowest BCUT2D eigenvalue weighted by molar-refractivity contribution is -0.132. The van der Waals surface area contributed by atoms with Gasteiger partial charge in [-0.1, -0.05) is 38.8 Å². The molecule has 0 aliphatic carbocycles. The maximum absolute atomic E-state index is 12.8. The van der Waals surface area contributed by atoms with Crippen molar-refractivity contribution in [3.05, 3.63) is 29.8 Å². The molecule has 1 aromatic carbocycles. The molecule has 120 valence electrons. The quantitative estimate of drug-likeness (QED) is 0.614. The predicted molar refractivity (Wildman–Crippen MR) is 89.9 cm³/mol. The molecule has 0 aromatic heterocycles. The van der Waals surface area contributed by atoms with Gasteiger partial charge in [-0.2, -0.15) is 0 Å². The fourth-order valence-corrected chi connectivity index (χ4v) is 3.46. The average molecular weight is 320 g/mol. The van der Waals surface area contributed by atoms with Crippen LogP contribution in [0.15, 0.2) is 29.2 Å². The van der Waals surface area contributed by atoms with Crippen molar-refractivity contribution in [2.24, 2.45) is 0 Å². The molecule has 3 amide bonds. The number of thioether (sulfide) groups is 1. The van der Waals surface area contributed by atoms with Gasteiger partial charge in [-0.25, -0.2) is 4.79 Å². The Morgan fingerprint density at radius 2 is 1.68 bits per heavy atom. The molecule has 0 saturated carbocycles. The molecule has 1 N–H and O–H groups in total. The first-order valence-corrected chi connectivity index (χ1v) is 9.06. The van der Waals surface area contributed by atoms with E-state index in [9.17, 15) is 9.59 Å². The minimum absolute atomic E-state index is 0.0739. The lowest BCUT2D eigenvalue weighted by Gasteiger charge is -2.25. The molecule has 22 heavy (non-hydrogen) atoms. The molecule has 1 fully saturated rings. The summed E-state index contributed by atoms with van der Waals surface area (Å²) < 4.78 is 0. The molecule has 1 aliphatic heterocycles. The fourth-order valence-electron chi connectivity index (χ4n) is 3.05. The number of benzene rings is 1. The van der Waals surface area contributed by atoms with Crippen LogP contribution in [-0.2, 0) is 11.3 Å². The van der Waals surface area contributed by atoms with Crippen molar-refractivity contribution >= 4 is 23.7 Å². The summed E-state index contributed by atoms with van der Waals surface area (Å²) in [5.41, 5.74) is 0.282. The van der Waals surface area contributed by atoms with Gasteiger partial charge in [-0.15, -0.1) is 11.8 Å². The predicted octanol–water partition coefficient (Wildman–Crippen LogP) is 3.80. The van der Waals surface area contributed by atoms with Crippen LogP contribution in [0, 0.1) is 0 Å². The van der Waals surface area contributed by atoms with Crippen LogP contribution in [0.4, 0.5) is 4.79 Å². The molecule has 1 aromatic rings. The summed E-state index contributed by atoms with van der Waals surface area (Å²) >= 11 is 1.67. The lowest BCUT2D eigenvalue weighted by Crippen LogP contribution is -2.46. The lowest BCUT2D eigenvalue weighted by atomic mass is 9.88. The number of hydrogen-bond donors (Lipinski definition) is 1. The summed E-state index contributed by atoms with van der Waals surface area (Å²) in [6.07, 6.45) is 5.18. The van der Waals surface area contributed by atoms with Crippen LogP contribution in [0.5, 0.6) is 0 Å². The number of rotatable bonds is 7. The van der Waals surface area contributed by atoms with Gasteiger partial charge in [0.15, 0.2) is 0 Å². The number of hydrogen-bond acceptors (Lipinski definition) is 3. The molecule has 2 rings (SSSR count). The summed E-state index contributed by atoms with van der Waals surface area (Å²) in [5, 5.41) is 2.95. The van der Waals surface area contributed by atoms with E-state index in [4.69, 9.17) is 0 Å². The van der Waals surface area contributed by atoms with Gasteiger partial charge in [0, 0.05) is 4.90 Å². The summed E-state index contributed by atoms with van der Waals surface area (Å²) in [4.78, 5) is 27.6. The van der Waals surface area contributed by atoms with Crippen LogP contribution in [-0.4, -0.2) is 28.6 Å². The Hall–Kier alpha value is -1.49. The zero-order chi connectivity index (χ0) is 16.2. The van der Waals surface area contributed by atoms with Crippen molar-refractivity contribution in [2.45, 2.75) is 56.5 Å². The second-order valence-electron chi connectivity index (χ2n) is 5.75. The number of imide groups is 1. The molecule has 0 bridgehead atoms. The highest BCUT2D eigenvalue weighted by Gasteiger charge is 2.49. The first-order valence-electron chi connectivity index (χ1n) is 7.83. The maximum Gasteiger partial charge on any atom is 0.325 e. The molecule has 0 atom stereocenters. The number of urea groups is 1. The van der Waals surface area contributed by atoms with E-state index in [2.05, 4.69) is 5.32 Å². The Labute approximate surface area is 136 Å². The largest absolute Gasteiger partial charge is 0.325 e. The molecule has 1 heterocycles. The van der Waals surface area contributed by atoms with E-state index in [1.807, 2.05) is 44.4 Å². The van der Waals surface area contributed by atoms with Gasteiger partial charge in [-0.05, 0) is 36.8 Å². The Balaban J connectivity index is 2.16. The summed E-state index contributed by atoms with van der Waals surface area (Å²) in [7, 11) is 0. The first-order chi connectivity index (χ1) is 10.6. The van der Waals surface area contributed by atoms with Crippen LogP contribution < -0.4 is 5.32 Å². The topological polar surface area (TPSA) is 49.4 Å².